The highest BCUT2D eigenvalue weighted by molar-refractivity contribution is 14.1. The van der Waals surface area contributed by atoms with Gasteiger partial charge in [0, 0.05) is 5.56 Å². The number of aromatic nitrogens is 1. The standard InChI is InChI=1S/C38H32I2N2O4S/c1-4-45-37(44)32-33(27-13-9-6-10-14-27)41-38-42(34(32)28-17-15-26(16-18-28)23(2)3)36(43)31(47-38)21-25-19-29(39)35(30(40)20-25)46-22-24-11-7-5-8-12-24/h5-21,23,34H,4,22H2,1-3H3/b31-21-/t34-/m0/s1. The quantitative estimate of drug-likeness (QED) is 0.112. The van der Waals surface area contributed by atoms with Crippen LogP contribution in [0.4, 0.5) is 0 Å². The van der Waals surface area contributed by atoms with Gasteiger partial charge in [-0.1, -0.05) is 110 Å². The number of halogens is 2. The minimum Gasteiger partial charge on any atom is -0.487 e. The third-order valence-electron chi connectivity index (χ3n) is 7.84. The van der Waals surface area contributed by atoms with Gasteiger partial charge in [0.25, 0.3) is 5.56 Å². The number of thiazole rings is 1. The lowest BCUT2D eigenvalue weighted by Crippen LogP contribution is -2.40. The Morgan fingerprint density at radius 3 is 2.21 bits per heavy atom. The molecular formula is C38H32I2N2O4S. The molecule has 9 heteroatoms. The number of ether oxygens (including phenoxy) is 2. The second kappa shape index (κ2) is 14.7. The Bertz CT molecular complexity index is 2120. The fraction of sp³-hybridized carbons (Fsp3) is 0.184. The van der Waals surface area contributed by atoms with Crippen molar-refractivity contribution < 1.29 is 14.3 Å². The molecule has 0 unspecified atom stereocenters. The van der Waals surface area contributed by atoms with Crippen LogP contribution in [0.25, 0.3) is 11.8 Å². The molecule has 2 heterocycles. The summed E-state index contributed by atoms with van der Waals surface area (Å²) in [6, 6.07) is 31.1. The number of rotatable bonds is 9. The Morgan fingerprint density at radius 2 is 1.60 bits per heavy atom. The molecule has 0 spiro atoms. The van der Waals surface area contributed by atoms with Gasteiger partial charge in [-0.15, -0.1) is 0 Å². The van der Waals surface area contributed by atoms with Gasteiger partial charge in [-0.05, 0) is 98.5 Å². The zero-order valence-electron chi connectivity index (χ0n) is 26.1. The average Bonchev–Trinajstić information content (AvgIpc) is 3.38. The van der Waals surface area contributed by atoms with Crippen molar-refractivity contribution in [2.75, 3.05) is 6.61 Å². The van der Waals surface area contributed by atoms with Gasteiger partial charge in [-0.2, -0.15) is 0 Å². The monoisotopic (exact) mass is 866 g/mol. The molecular weight excluding hydrogens is 834 g/mol. The van der Waals surface area contributed by atoms with Gasteiger partial charge in [0.15, 0.2) is 4.80 Å². The fourth-order valence-corrected chi connectivity index (χ4v) is 8.63. The molecule has 5 aromatic rings. The predicted molar refractivity (Wildman–Crippen MR) is 204 cm³/mol. The maximum Gasteiger partial charge on any atom is 0.338 e. The second-order valence-corrected chi connectivity index (χ2v) is 14.7. The van der Waals surface area contributed by atoms with Crippen LogP contribution in [-0.4, -0.2) is 17.1 Å². The summed E-state index contributed by atoms with van der Waals surface area (Å²) in [5.74, 6) is 0.661. The molecule has 47 heavy (non-hydrogen) atoms. The summed E-state index contributed by atoms with van der Waals surface area (Å²) in [6.07, 6.45) is 1.89. The molecule has 6 rings (SSSR count). The van der Waals surface area contributed by atoms with Gasteiger partial charge in [0.1, 0.15) is 12.4 Å². The van der Waals surface area contributed by atoms with Crippen molar-refractivity contribution in [3.05, 3.63) is 157 Å². The number of nitrogens with zero attached hydrogens (tertiary/aromatic N) is 2. The first-order chi connectivity index (χ1) is 22.7. The minimum atomic E-state index is -0.710. The Morgan fingerprint density at radius 1 is 0.957 bits per heavy atom. The third kappa shape index (κ3) is 7.17. The van der Waals surface area contributed by atoms with E-state index >= 15 is 0 Å². The lowest BCUT2D eigenvalue weighted by molar-refractivity contribution is -0.138. The van der Waals surface area contributed by atoms with Crippen molar-refractivity contribution in [3.63, 3.8) is 0 Å². The Labute approximate surface area is 304 Å². The second-order valence-electron chi connectivity index (χ2n) is 11.3. The lowest BCUT2D eigenvalue weighted by atomic mass is 9.91. The first kappa shape index (κ1) is 33.4. The van der Waals surface area contributed by atoms with E-state index in [2.05, 4.69) is 71.2 Å². The van der Waals surface area contributed by atoms with E-state index in [1.54, 1.807) is 11.5 Å². The predicted octanol–water partition coefficient (Wildman–Crippen LogP) is 7.85. The molecule has 0 amide bonds. The summed E-state index contributed by atoms with van der Waals surface area (Å²) in [4.78, 5) is 33.5. The first-order valence-corrected chi connectivity index (χ1v) is 18.3. The van der Waals surface area contributed by atoms with Crippen LogP contribution in [0.5, 0.6) is 5.75 Å². The number of carbonyl (C=O) groups is 1. The van der Waals surface area contributed by atoms with E-state index in [0.717, 1.165) is 35.1 Å². The van der Waals surface area contributed by atoms with Gasteiger partial charge in [0.2, 0.25) is 0 Å². The van der Waals surface area contributed by atoms with Crippen LogP contribution in [0, 0.1) is 7.14 Å². The number of carbonyl (C=O) groups excluding carboxylic acids is 1. The molecule has 0 bridgehead atoms. The molecule has 0 aliphatic carbocycles. The van der Waals surface area contributed by atoms with Gasteiger partial charge < -0.3 is 9.47 Å². The molecule has 1 atom stereocenters. The summed E-state index contributed by atoms with van der Waals surface area (Å²) in [5, 5.41) is 0. The number of esters is 1. The summed E-state index contributed by atoms with van der Waals surface area (Å²) in [5.41, 5.74) is 5.39. The highest BCUT2D eigenvalue weighted by Gasteiger charge is 2.35. The summed E-state index contributed by atoms with van der Waals surface area (Å²) in [7, 11) is 0. The maximum absolute atomic E-state index is 14.3. The number of benzene rings is 4. The van der Waals surface area contributed by atoms with Gasteiger partial charge in [0.05, 0.1) is 35.6 Å². The third-order valence-corrected chi connectivity index (χ3v) is 10.4. The smallest absolute Gasteiger partial charge is 0.338 e. The van der Waals surface area contributed by atoms with E-state index in [4.69, 9.17) is 14.5 Å². The van der Waals surface area contributed by atoms with Crippen molar-refractivity contribution >= 4 is 74.3 Å². The zero-order chi connectivity index (χ0) is 33.1. The minimum absolute atomic E-state index is 0.205. The molecule has 0 fully saturated rings. The van der Waals surface area contributed by atoms with Crippen molar-refractivity contribution in [3.8, 4) is 5.75 Å². The van der Waals surface area contributed by atoms with Crippen LogP contribution in [0.2, 0.25) is 0 Å². The number of fused-ring (bicyclic) bond motifs is 1. The van der Waals surface area contributed by atoms with E-state index in [1.807, 2.05) is 91.0 Å². The van der Waals surface area contributed by atoms with Crippen molar-refractivity contribution in [2.24, 2.45) is 4.99 Å². The molecule has 0 N–H and O–H groups in total. The van der Waals surface area contributed by atoms with Crippen LogP contribution in [-0.2, 0) is 16.1 Å². The highest BCUT2D eigenvalue weighted by atomic mass is 127. The molecule has 1 aliphatic heterocycles. The summed E-state index contributed by atoms with van der Waals surface area (Å²) >= 11 is 5.88. The lowest BCUT2D eigenvalue weighted by Gasteiger charge is -2.26. The number of hydrogen-bond donors (Lipinski definition) is 0. The van der Waals surface area contributed by atoms with Crippen LogP contribution < -0.4 is 19.6 Å². The first-order valence-electron chi connectivity index (χ1n) is 15.3. The van der Waals surface area contributed by atoms with Crippen molar-refractivity contribution in [2.45, 2.75) is 39.3 Å². The van der Waals surface area contributed by atoms with E-state index in [9.17, 15) is 9.59 Å². The zero-order valence-corrected chi connectivity index (χ0v) is 31.2. The van der Waals surface area contributed by atoms with Crippen LogP contribution in [0.3, 0.4) is 0 Å². The molecule has 6 nitrogen and oxygen atoms in total. The molecule has 1 aliphatic rings. The van der Waals surface area contributed by atoms with E-state index in [0.29, 0.717) is 33.1 Å². The van der Waals surface area contributed by atoms with E-state index < -0.39 is 12.0 Å². The Balaban J connectivity index is 1.49. The van der Waals surface area contributed by atoms with Crippen LogP contribution >= 0.6 is 56.5 Å². The Hall–Kier alpha value is -3.55. The maximum atomic E-state index is 14.3. The SMILES string of the molecule is CCOC(=O)C1=C(c2ccccc2)N=c2s/c(=C\c3cc(I)c(OCc4ccccc4)c(I)c3)c(=O)n2[C@H]1c1ccc(C(C)C)cc1. The van der Waals surface area contributed by atoms with Gasteiger partial charge in [-0.3, -0.25) is 9.36 Å². The van der Waals surface area contributed by atoms with Crippen LogP contribution in [0.1, 0.15) is 60.5 Å². The van der Waals surface area contributed by atoms with Crippen molar-refractivity contribution in [1.29, 1.82) is 0 Å². The van der Waals surface area contributed by atoms with Gasteiger partial charge >= 0.3 is 5.97 Å². The average molecular weight is 867 g/mol. The van der Waals surface area contributed by atoms with Gasteiger partial charge in [-0.25, -0.2) is 9.79 Å². The molecule has 238 valence electrons. The largest absolute Gasteiger partial charge is 0.487 e. The van der Waals surface area contributed by atoms with Crippen LogP contribution in [0.15, 0.2) is 112 Å². The topological polar surface area (TPSA) is 69.9 Å². The fourth-order valence-electron chi connectivity index (χ4n) is 5.50. The van der Waals surface area contributed by atoms with E-state index in [1.165, 1.54) is 16.9 Å². The summed E-state index contributed by atoms with van der Waals surface area (Å²) in [6.45, 7) is 6.73. The van der Waals surface area contributed by atoms with E-state index in [-0.39, 0.29) is 12.2 Å². The van der Waals surface area contributed by atoms with Crippen molar-refractivity contribution in [1.82, 2.24) is 4.57 Å². The normalized spacial score (nSPS) is 14.6. The molecule has 0 radical (unpaired) electrons. The number of hydrogen-bond acceptors (Lipinski definition) is 6. The molecule has 4 aromatic carbocycles. The summed E-state index contributed by atoms with van der Waals surface area (Å²) < 4.78 is 15.8. The highest BCUT2D eigenvalue weighted by Crippen LogP contribution is 2.36. The molecule has 0 saturated carbocycles. The Kier molecular flexibility index (Phi) is 10.4. The molecule has 0 saturated heterocycles. The molecule has 1 aromatic heterocycles.